The van der Waals surface area contributed by atoms with Gasteiger partial charge in [0.15, 0.2) is 5.16 Å². The molecule has 0 spiro atoms. The van der Waals surface area contributed by atoms with E-state index in [0.29, 0.717) is 11.4 Å². The van der Waals surface area contributed by atoms with Gasteiger partial charge in [0.05, 0.1) is 18.4 Å². The van der Waals surface area contributed by atoms with E-state index in [-0.39, 0.29) is 23.0 Å². The highest BCUT2D eigenvalue weighted by molar-refractivity contribution is 8.00. The Labute approximate surface area is 146 Å². The van der Waals surface area contributed by atoms with Gasteiger partial charge in [-0.05, 0) is 31.2 Å². The fraction of sp³-hybridized carbons (Fsp3) is 0.250. The molecule has 1 aromatic carbocycles. The lowest BCUT2D eigenvalue weighted by Gasteiger charge is -2.15. The van der Waals surface area contributed by atoms with E-state index in [1.165, 1.54) is 14.0 Å². The number of carbonyl (C=O) groups excluding carboxylic acids is 2. The molecule has 1 unspecified atom stereocenters. The summed E-state index contributed by atoms with van der Waals surface area (Å²) in [5.41, 5.74) is 0.0592. The number of rotatable bonds is 4. The zero-order chi connectivity index (χ0) is 18.1. The number of ether oxygens (including phenoxy) is 1. The number of hydrogen-bond acceptors (Lipinski definition) is 7. The van der Waals surface area contributed by atoms with Crippen molar-refractivity contribution < 1.29 is 19.4 Å². The summed E-state index contributed by atoms with van der Waals surface area (Å²) in [6.07, 6.45) is -0.0200. The van der Waals surface area contributed by atoms with Gasteiger partial charge in [0.25, 0.3) is 5.56 Å². The predicted molar refractivity (Wildman–Crippen MR) is 91.0 cm³/mol. The highest BCUT2D eigenvalue weighted by atomic mass is 32.2. The second-order valence-corrected chi connectivity index (χ2v) is 6.59. The van der Waals surface area contributed by atoms with Crippen molar-refractivity contribution in [1.82, 2.24) is 9.97 Å². The minimum Gasteiger partial charge on any atom is -0.497 e. The van der Waals surface area contributed by atoms with E-state index in [9.17, 15) is 19.5 Å². The average Bonchev–Trinajstić information content (AvgIpc) is 2.86. The number of aromatic nitrogens is 2. The lowest BCUT2D eigenvalue weighted by atomic mass is 10.3. The molecular formula is C16H15N3O5S. The van der Waals surface area contributed by atoms with Gasteiger partial charge >= 0.3 is 0 Å². The number of benzene rings is 1. The molecule has 9 heteroatoms. The highest BCUT2D eigenvalue weighted by Gasteiger charge is 2.40. The van der Waals surface area contributed by atoms with E-state index < -0.39 is 22.6 Å². The molecule has 1 fully saturated rings. The molecule has 8 nitrogen and oxygen atoms in total. The van der Waals surface area contributed by atoms with Crippen molar-refractivity contribution in [3.63, 3.8) is 0 Å². The maximum Gasteiger partial charge on any atom is 0.258 e. The van der Waals surface area contributed by atoms with Gasteiger partial charge in [-0.25, -0.2) is 4.90 Å². The first-order valence-corrected chi connectivity index (χ1v) is 8.26. The number of carbonyl (C=O) groups is 2. The molecule has 25 heavy (non-hydrogen) atoms. The van der Waals surface area contributed by atoms with Gasteiger partial charge in [0, 0.05) is 6.42 Å². The Morgan fingerprint density at radius 1 is 1.28 bits per heavy atom. The van der Waals surface area contributed by atoms with Gasteiger partial charge in [-0.1, -0.05) is 11.8 Å². The van der Waals surface area contributed by atoms with Crippen molar-refractivity contribution in [3.8, 4) is 11.6 Å². The molecule has 0 aliphatic carbocycles. The summed E-state index contributed by atoms with van der Waals surface area (Å²) < 4.78 is 5.06. The van der Waals surface area contributed by atoms with Crippen LogP contribution in [-0.4, -0.2) is 39.2 Å². The van der Waals surface area contributed by atoms with Gasteiger partial charge < -0.3 is 14.8 Å². The molecule has 0 radical (unpaired) electrons. The minimum absolute atomic E-state index is 0.0200. The summed E-state index contributed by atoms with van der Waals surface area (Å²) in [5.74, 6) is -0.519. The molecule has 2 aromatic rings. The van der Waals surface area contributed by atoms with E-state index >= 15 is 0 Å². The number of nitrogens with one attached hydrogen (secondary N) is 1. The second-order valence-electron chi connectivity index (χ2n) is 5.40. The zero-order valence-corrected chi connectivity index (χ0v) is 14.3. The second kappa shape index (κ2) is 6.60. The number of nitrogens with zero attached hydrogens (tertiary/aromatic N) is 2. The summed E-state index contributed by atoms with van der Waals surface area (Å²) in [6.45, 7) is 1.44. The van der Waals surface area contributed by atoms with Crippen LogP contribution in [0.5, 0.6) is 11.6 Å². The van der Waals surface area contributed by atoms with Crippen LogP contribution in [0.25, 0.3) is 0 Å². The fourth-order valence-corrected chi connectivity index (χ4v) is 3.38. The highest BCUT2D eigenvalue weighted by Crippen LogP contribution is 2.33. The molecule has 0 saturated carbocycles. The Morgan fingerprint density at radius 3 is 2.56 bits per heavy atom. The van der Waals surface area contributed by atoms with Crippen molar-refractivity contribution in [2.45, 2.75) is 23.8 Å². The molecule has 3 rings (SSSR count). The first-order chi connectivity index (χ1) is 11.9. The van der Waals surface area contributed by atoms with E-state index in [2.05, 4.69) is 9.97 Å². The number of methoxy groups -OCH3 is 1. The van der Waals surface area contributed by atoms with Crippen LogP contribution < -0.4 is 15.2 Å². The number of amides is 2. The molecule has 130 valence electrons. The number of hydrogen-bond donors (Lipinski definition) is 2. The zero-order valence-electron chi connectivity index (χ0n) is 13.5. The van der Waals surface area contributed by atoms with Crippen LogP contribution in [0.1, 0.15) is 12.0 Å². The van der Waals surface area contributed by atoms with Crippen LogP contribution in [0.15, 0.2) is 34.2 Å². The summed E-state index contributed by atoms with van der Waals surface area (Å²) in [4.78, 5) is 43.9. The first kappa shape index (κ1) is 17.0. The van der Waals surface area contributed by atoms with E-state index in [1.54, 1.807) is 24.3 Å². The Kier molecular flexibility index (Phi) is 4.49. The van der Waals surface area contributed by atoms with Crippen molar-refractivity contribution in [3.05, 3.63) is 40.2 Å². The number of imide groups is 1. The van der Waals surface area contributed by atoms with Crippen molar-refractivity contribution in [1.29, 1.82) is 0 Å². The van der Waals surface area contributed by atoms with Gasteiger partial charge in [0.2, 0.25) is 17.7 Å². The van der Waals surface area contributed by atoms with Crippen LogP contribution >= 0.6 is 11.8 Å². The Morgan fingerprint density at radius 2 is 1.96 bits per heavy atom. The Bertz CT molecular complexity index is 894. The third-order valence-electron chi connectivity index (χ3n) is 3.79. The number of anilines is 1. The lowest BCUT2D eigenvalue weighted by Crippen LogP contribution is -2.31. The minimum atomic E-state index is -0.722. The number of thioether (sulfide) groups is 1. The van der Waals surface area contributed by atoms with Crippen LogP contribution in [0, 0.1) is 6.92 Å². The molecule has 1 aliphatic rings. The number of aromatic hydroxyl groups is 1. The Balaban J connectivity index is 1.82. The van der Waals surface area contributed by atoms with Crippen molar-refractivity contribution in [2.75, 3.05) is 12.0 Å². The largest absolute Gasteiger partial charge is 0.497 e. The van der Waals surface area contributed by atoms with Crippen LogP contribution in [0.3, 0.4) is 0 Å². The van der Waals surface area contributed by atoms with E-state index in [0.717, 1.165) is 16.7 Å². The quantitative estimate of drug-likeness (QED) is 0.622. The molecule has 1 aromatic heterocycles. The maximum atomic E-state index is 12.6. The molecule has 0 bridgehead atoms. The predicted octanol–water partition coefficient (Wildman–Crippen LogP) is 1.22. The average molecular weight is 361 g/mol. The SMILES string of the molecule is COc1ccc(N2C(=O)CC(Sc3nc(O)c(C)c(=O)[nH]3)C2=O)cc1. The van der Waals surface area contributed by atoms with Gasteiger partial charge in [-0.3, -0.25) is 14.4 Å². The molecule has 1 atom stereocenters. The van der Waals surface area contributed by atoms with Crippen molar-refractivity contribution in [2.24, 2.45) is 0 Å². The number of aromatic amines is 1. The smallest absolute Gasteiger partial charge is 0.258 e. The molecule has 1 saturated heterocycles. The van der Waals surface area contributed by atoms with E-state index in [1.807, 2.05) is 0 Å². The van der Waals surface area contributed by atoms with Gasteiger partial charge in [0.1, 0.15) is 11.0 Å². The van der Waals surface area contributed by atoms with Crippen LogP contribution in [-0.2, 0) is 9.59 Å². The third-order valence-corrected chi connectivity index (χ3v) is 4.86. The molecule has 2 N–H and O–H groups in total. The molecular weight excluding hydrogens is 346 g/mol. The maximum absolute atomic E-state index is 12.6. The third kappa shape index (κ3) is 3.22. The summed E-state index contributed by atoms with van der Waals surface area (Å²) >= 11 is 0.943. The van der Waals surface area contributed by atoms with Crippen molar-refractivity contribution >= 4 is 29.3 Å². The number of H-pyrrole nitrogens is 1. The topological polar surface area (TPSA) is 113 Å². The summed E-state index contributed by atoms with van der Waals surface area (Å²) in [5, 5.41) is 9.00. The molecule has 1 aliphatic heterocycles. The van der Waals surface area contributed by atoms with Crippen LogP contribution in [0.2, 0.25) is 0 Å². The normalized spacial score (nSPS) is 17.2. The summed E-state index contributed by atoms with van der Waals surface area (Å²) in [7, 11) is 1.53. The standard InChI is InChI=1S/C16H15N3O5S/c1-8-13(21)17-16(18-14(8)22)25-11-7-12(20)19(15(11)23)9-3-5-10(24-2)6-4-9/h3-6,11H,7H2,1-2H3,(H2,17,18,21,22). The van der Waals surface area contributed by atoms with Crippen LogP contribution in [0.4, 0.5) is 5.69 Å². The van der Waals surface area contributed by atoms with E-state index in [4.69, 9.17) is 4.74 Å². The molecule has 2 amide bonds. The Hall–Kier alpha value is -2.81. The lowest BCUT2D eigenvalue weighted by molar-refractivity contribution is -0.121. The summed E-state index contributed by atoms with van der Waals surface area (Å²) in [6, 6.07) is 6.57. The van der Waals surface area contributed by atoms with Gasteiger partial charge in [-0.15, -0.1) is 0 Å². The first-order valence-electron chi connectivity index (χ1n) is 7.38. The fourth-order valence-electron chi connectivity index (χ4n) is 2.39. The monoisotopic (exact) mass is 361 g/mol. The molecule has 2 heterocycles. The van der Waals surface area contributed by atoms with Gasteiger partial charge in [-0.2, -0.15) is 4.98 Å².